The van der Waals surface area contributed by atoms with Crippen LogP contribution in [0.4, 0.5) is 0 Å². The largest absolute Gasteiger partial charge is 0.348 e. The van der Waals surface area contributed by atoms with Crippen molar-refractivity contribution in [1.29, 1.82) is 0 Å². The quantitative estimate of drug-likeness (QED) is 0.677. The number of rotatable bonds is 9. The minimum atomic E-state index is -3.20. The number of sulfone groups is 1. The molecule has 2 N–H and O–H groups in total. The number of nitrogens with one attached hydrogen (secondary N) is 2. The van der Waals surface area contributed by atoms with Gasteiger partial charge in [0, 0.05) is 18.7 Å². The third-order valence-corrected chi connectivity index (χ3v) is 7.07. The van der Waals surface area contributed by atoms with Crippen molar-refractivity contribution in [3.8, 4) is 0 Å². The van der Waals surface area contributed by atoms with Crippen LogP contribution in [0.3, 0.4) is 0 Å². The minimum absolute atomic E-state index is 0.0786. The standard InChI is InChI=1S/C22H28N2O3S/c1-2-28(26,27)21-12-8-19(9-13-21)16-24-22(25)20-10-6-18(7-11-20)15-23-14-17-4-3-5-17/h6-13,17,23H,2-5,14-16H2,1H3,(H,24,25). The fourth-order valence-corrected chi connectivity index (χ4v) is 4.04. The zero-order chi connectivity index (χ0) is 20.0. The summed E-state index contributed by atoms with van der Waals surface area (Å²) in [5.41, 5.74) is 2.65. The van der Waals surface area contributed by atoms with Crippen LogP contribution in [-0.4, -0.2) is 26.6 Å². The second-order valence-corrected chi connectivity index (χ2v) is 9.63. The van der Waals surface area contributed by atoms with Gasteiger partial charge in [0.2, 0.25) is 0 Å². The van der Waals surface area contributed by atoms with Crippen LogP contribution in [0.1, 0.15) is 47.7 Å². The number of carbonyl (C=O) groups is 1. The van der Waals surface area contributed by atoms with Gasteiger partial charge in [-0.05, 0) is 60.7 Å². The molecule has 5 nitrogen and oxygen atoms in total. The summed E-state index contributed by atoms with van der Waals surface area (Å²) in [6.45, 7) is 3.88. The molecule has 0 aromatic heterocycles. The third kappa shape index (κ3) is 5.42. The van der Waals surface area contributed by atoms with Gasteiger partial charge in [0.1, 0.15) is 0 Å². The lowest BCUT2D eigenvalue weighted by atomic mass is 9.85. The van der Waals surface area contributed by atoms with Crippen molar-refractivity contribution in [2.24, 2.45) is 5.92 Å². The van der Waals surface area contributed by atoms with E-state index in [0.29, 0.717) is 17.0 Å². The van der Waals surface area contributed by atoms with Crippen LogP contribution in [0.15, 0.2) is 53.4 Å². The maximum Gasteiger partial charge on any atom is 0.251 e. The van der Waals surface area contributed by atoms with Crippen molar-refractivity contribution in [1.82, 2.24) is 10.6 Å². The number of carbonyl (C=O) groups excluding carboxylic acids is 1. The molecule has 1 aliphatic rings. The highest BCUT2D eigenvalue weighted by Gasteiger charge is 2.16. The topological polar surface area (TPSA) is 75.3 Å². The Kier molecular flexibility index (Phi) is 6.86. The van der Waals surface area contributed by atoms with Crippen LogP contribution in [0.25, 0.3) is 0 Å². The highest BCUT2D eigenvalue weighted by atomic mass is 32.2. The molecule has 0 spiro atoms. The summed E-state index contributed by atoms with van der Waals surface area (Å²) in [4.78, 5) is 12.6. The maximum absolute atomic E-state index is 12.3. The Hall–Kier alpha value is -2.18. The lowest BCUT2D eigenvalue weighted by Crippen LogP contribution is -2.27. The lowest BCUT2D eigenvalue weighted by molar-refractivity contribution is 0.0951. The van der Waals surface area contributed by atoms with Gasteiger partial charge in [-0.2, -0.15) is 0 Å². The van der Waals surface area contributed by atoms with Crippen LogP contribution in [0.5, 0.6) is 0 Å². The zero-order valence-electron chi connectivity index (χ0n) is 16.3. The van der Waals surface area contributed by atoms with E-state index in [1.807, 2.05) is 24.3 Å². The van der Waals surface area contributed by atoms with E-state index < -0.39 is 9.84 Å². The molecule has 0 aliphatic heterocycles. The summed E-state index contributed by atoms with van der Waals surface area (Å²) in [7, 11) is -3.20. The van der Waals surface area contributed by atoms with Gasteiger partial charge < -0.3 is 10.6 Å². The highest BCUT2D eigenvalue weighted by Crippen LogP contribution is 2.25. The predicted molar refractivity (Wildman–Crippen MR) is 111 cm³/mol. The molecule has 28 heavy (non-hydrogen) atoms. The van der Waals surface area contributed by atoms with Crippen molar-refractivity contribution in [2.75, 3.05) is 12.3 Å². The molecule has 150 valence electrons. The van der Waals surface area contributed by atoms with Gasteiger partial charge in [0.25, 0.3) is 5.91 Å². The van der Waals surface area contributed by atoms with Gasteiger partial charge in [-0.3, -0.25) is 4.79 Å². The molecule has 1 fully saturated rings. The fraction of sp³-hybridized carbons (Fsp3) is 0.409. The molecule has 0 bridgehead atoms. The molecular weight excluding hydrogens is 372 g/mol. The van der Waals surface area contributed by atoms with Gasteiger partial charge in [-0.25, -0.2) is 8.42 Å². The fourth-order valence-electron chi connectivity index (χ4n) is 3.16. The van der Waals surface area contributed by atoms with Crippen LogP contribution in [-0.2, 0) is 22.9 Å². The number of hydrogen-bond acceptors (Lipinski definition) is 4. The monoisotopic (exact) mass is 400 g/mol. The average Bonchev–Trinajstić information content (AvgIpc) is 2.69. The summed E-state index contributed by atoms with van der Waals surface area (Å²) in [5.74, 6) is 0.773. The van der Waals surface area contributed by atoms with Gasteiger partial charge >= 0.3 is 0 Å². The molecule has 0 atom stereocenters. The molecule has 2 aromatic carbocycles. The molecular formula is C22H28N2O3S. The van der Waals surface area contributed by atoms with Gasteiger partial charge in [0.05, 0.1) is 10.6 Å². The van der Waals surface area contributed by atoms with Crippen LogP contribution >= 0.6 is 0 Å². The zero-order valence-corrected chi connectivity index (χ0v) is 17.1. The van der Waals surface area contributed by atoms with Crippen molar-refractivity contribution in [3.63, 3.8) is 0 Å². The van der Waals surface area contributed by atoms with Crippen molar-refractivity contribution >= 4 is 15.7 Å². The van der Waals surface area contributed by atoms with Crippen molar-refractivity contribution < 1.29 is 13.2 Å². The van der Waals surface area contributed by atoms with Crippen molar-refractivity contribution in [2.45, 2.75) is 44.2 Å². The maximum atomic E-state index is 12.3. The molecule has 1 saturated carbocycles. The van der Waals surface area contributed by atoms with Crippen LogP contribution in [0.2, 0.25) is 0 Å². The summed E-state index contributed by atoms with van der Waals surface area (Å²) in [6, 6.07) is 14.3. The first-order chi connectivity index (χ1) is 13.5. The molecule has 3 rings (SSSR count). The van der Waals surface area contributed by atoms with E-state index >= 15 is 0 Å². The molecule has 1 amide bonds. The van der Waals surface area contributed by atoms with E-state index in [2.05, 4.69) is 10.6 Å². The van der Waals surface area contributed by atoms with E-state index in [4.69, 9.17) is 0 Å². The first-order valence-electron chi connectivity index (χ1n) is 9.87. The lowest BCUT2D eigenvalue weighted by Gasteiger charge is -2.25. The molecule has 0 radical (unpaired) electrons. The van der Waals surface area contributed by atoms with E-state index in [9.17, 15) is 13.2 Å². The Labute approximate surface area is 167 Å². The van der Waals surface area contributed by atoms with Gasteiger partial charge in [0.15, 0.2) is 9.84 Å². The summed E-state index contributed by atoms with van der Waals surface area (Å²) < 4.78 is 23.7. The second-order valence-electron chi connectivity index (χ2n) is 7.35. The minimum Gasteiger partial charge on any atom is -0.348 e. The number of amides is 1. The molecule has 0 unspecified atom stereocenters. The Balaban J connectivity index is 1.47. The van der Waals surface area contributed by atoms with Crippen LogP contribution in [0, 0.1) is 5.92 Å². The summed E-state index contributed by atoms with van der Waals surface area (Å²) >= 11 is 0. The Bertz CT molecular complexity index is 886. The molecule has 6 heteroatoms. The molecule has 2 aromatic rings. The van der Waals surface area contributed by atoms with Crippen LogP contribution < -0.4 is 10.6 Å². The second kappa shape index (κ2) is 9.34. The third-order valence-electron chi connectivity index (χ3n) is 5.32. The molecule has 0 saturated heterocycles. The van der Waals surface area contributed by atoms with Crippen molar-refractivity contribution in [3.05, 3.63) is 65.2 Å². The highest BCUT2D eigenvalue weighted by molar-refractivity contribution is 7.91. The Morgan fingerprint density at radius 2 is 1.57 bits per heavy atom. The Morgan fingerprint density at radius 3 is 2.14 bits per heavy atom. The smallest absolute Gasteiger partial charge is 0.251 e. The van der Waals surface area contributed by atoms with E-state index in [1.165, 1.54) is 24.8 Å². The average molecular weight is 401 g/mol. The van der Waals surface area contributed by atoms with E-state index in [-0.39, 0.29) is 11.7 Å². The van der Waals surface area contributed by atoms with Gasteiger partial charge in [-0.1, -0.05) is 37.6 Å². The summed E-state index contributed by atoms with van der Waals surface area (Å²) in [6.07, 6.45) is 4.03. The SMILES string of the molecule is CCS(=O)(=O)c1ccc(CNC(=O)c2ccc(CNCC3CCC3)cc2)cc1. The Morgan fingerprint density at radius 1 is 0.964 bits per heavy atom. The van der Waals surface area contributed by atoms with E-state index in [0.717, 1.165) is 24.6 Å². The predicted octanol–water partition coefficient (Wildman–Crippen LogP) is 3.30. The van der Waals surface area contributed by atoms with E-state index in [1.54, 1.807) is 31.2 Å². The molecule has 0 heterocycles. The van der Waals surface area contributed by atoms with Gasteiger partial charge in [-0.15, -0.1) is 0 Å². The first kappa shape index (κ1) is 20.6. The molecule has 1 aliphatic carbocycles. The number of hydrogen-bond donors (Lipinski definition) is 2. The summed E-state index contributed by atoms with van der Waals surface area (Å²) in [5, 5.41) is 6.35. The normalized spacial score (nSPS) is 14.5. The number of benzene rings is 2. The first-order valence-corrected chi connectivity index (χ1v) is 11.5.